The molecule has 1 heterocycles. The predicted molar refractivity (Wildman–Crippen MR) is 60.7 cm³/mol. The third-order valence-electron chi connectivity index (χ3n) is 2.30. The number of nitriles is 1. The minimum atomic E-state index is 0.474. The number of hydrogen-bond acceptors (Lipinski definition) is 3. The molecule has 0 aliphatic carbocycles. The van der Waals surface area contributed by atoms with Crippen LogP contribution in [0.5, 0.6) is 0 Å². The Labute approximate surface area is 89.3 Å². The van der Waals surface area contributed by atoms with Gasteiger partial charge in [0.05, 0.1) is 11.8 Å². The Hall–Kier alpha value is -0.270. The van der Waals surface area contributed by atoms with Crippen LogP contribution in [0.15, 0.2) is 0 Å². The number of thioether (sulfide) groups is 1. The monoisotopic (exact) mass is 214 g/mol. The van der Waals surface area contributed by atoms with Crippen molar-refractivity contribution < 1.29 is 0 Å². The Morgan fingerprint density at radius 3 is 3.08 bits per heavy atom. The highest BCUT2D eigenvalue weighted by Crippen LogP contribution is 2.21. The molecule has 1 unspecified atom stereocenters. The topological polar surface area (TPSA) is 27.0 Å². The van der Waals surface area contributed by atoms with Crippen LogP contribution in [0.3, 0.4) is 0 Å². The molecule has 0 amide bonds. The summed E-state index contributed by atoms with van der Waals surface area (Å²) in [5, 5.41) is 8.43. The van der Waals surface area contributed by atoms with Gasteiger partial charge in [-0.05, 0) is 26.2 Å². The van der Waals surface area contributed by atoms with Gasteiger partial charge in [0.25, 0.3) is 0 Å². The Morgan fingerprint density at radius 2 is 2.46 bits per heavy atom. The Kier molecular flexibility index (Phi) is 4.54. The summed E-state index contributed by atoms with van der Waals surface area (Å²) < 4.78 is 0.897. The maximum Gasteiger partial charge on any atom is 0.137 e. The van der Waals surface area contributed by atoms with Crippen LogP contribution in [0.2, 0.25) is 0 Å². The summed E-state index contributed by atoms with van der Waals surface area (Å²) in [7, 11) is 0. The summed E-state index contributed by atoms with van der Waals surface area (Å²) in [6, 6.07) is 2.66. The van der Waals surface area contributed by atoms with E-state index < -0.39 is 0 Å². The lowest BCUT2D eigenvalue weighted by Gasteiger charge is -2.34. The molecule has 4 heteroatoms. The van der Waals surface area contributed by atoms with E-state index in [1.165, 1.54) is 31.0 Å². The first-order chi connectivity index (χ1) is 6.25. The van der Waals surface area contributed by atoms with Crippen molar-refractivity contribution in [3.63, 3.8) is 0 Å². The Morgan fingerprint density at radius 1 is 1.69 bits per heavy atom. The lowest BCUT2D eigenvalue weighted by atomic mass is 10.1. The van der Waals surface area contributed by atoms with Crippen molar-refractivity contribution in [2.24, 2.45) is 0 Å². The molecule has 0 aromatic heterocycles. The van der Waals surface area contributed by atoms with Crippen LogP contribution in [0, 0.1) is 11.3 Å². The molecule has 0 saturated carbocycles. The van der Waals surface area contributed by atoms with Crippen LogP contribution in [-0.2, 0) is 0 Å². The van der Waals surface area contributed by atoms with Gasteiger partial charge in [0.2, 0.25) is 0 Å². The molecule has 72 valence electrons. The summed E-state index contributed by atoms with van der Waals surface area (Å²) >= 11 is 6.74. The fraction of sp³-hybridized carbons (Fsp3) is 0.778. The SMILES string of the molecule is CC1CCCCN1C(=S)SCC#N. The second kappa shape index (κ2) is 5.46. The highest BCUT2D eigenvalue weighted by atomic mass is 32.2. The van der Waals surface area contributed by atoms with Gasteiger partial charge in [-0.3, -0.25) is 0 Å². The highest BCUT2D eigenvalue weighted by molar-refractivity contribution is 8.23. The number of hydrogen-bond donors (Lipinski definition) is 0. The summed E-state index contributed by atoms with van der Waals surface area (Å²) in [4.78, 5) is 2.25. The van der Waals surface area contributed by atoms with Gasteiger partial charge in [-0.1, -0.05) is 24.0 Å². The molecule has 1 aliphatic rings. The number of thiocarbonyl (C=S) groups is 1. The van der Waals surface area contributed by atoms with Crippen LogP contribution in [0.1, 0.15) is 26.2 Å². The molecule has 0 aromatic carbocycles. The fourth-order valence-corrected chi connectivity index (χ4v) is 2.62. The zero-order valence-electron chi connectivity index (χ0n) is 7.82. The van der Waals surface area contributed by atoms with Gasteiger partial charge < -0.3 is 4.90 Å². The summed E-state index contributed by atoms with van der Waals surface area (Å²) in [6.45, 7) is 3.27. The third-order valence-corrected chi connectivity index (χ3v) is 3.64. The van der Waals surface area contributed by atoms with Gasteiger partial charge in [0.15, 0.2) is 0 Å². The molecule has 1 atom stereocenters. The van der Waals surface area contributed by atoms with E-state index in [-0.39, 0.29) is 0 Å². The average molecular weight is 214 g/mol. The van der Waals surface area contributed by atoms with Crippen LogP contribution in [0.4, 0.5) is 0 Å². The largest absolute Gasteiger partial charge is 0.355 e. The average Bonchev–Trinajstić information content (AvgIpc) is 2.15. The molecule has 0 radical (unpaired) electrons. The van der Waals surface area contributed by atoms with Gasteiger partial charge in [-0.25, -0.2) is 0 Å². The second-order valence-corrected chi connectivity index (χ2v) is 4.86. The van der Waals surface area contributed by atoms with Crippen molar-refractivity contribution in [2.75, 3.05) is 12.3 Å². The molecule has 0 bridgehead atoms. The van der Waals surface area contributed by atoms with Crippen LogP contribution in [0.25, 0.3) is 0 Å². The smallest absolute Gasteiger partial charge is 0.137 e. The first-order valence-corrected chi connectivity index (χ1v) is 5.95. The first-order valence-electron chi connectivity index (χ1n) is 4.56. The van der Waals surface area contributed by atoms with E-state index in [9.17, 15) is 0 Å². The van der Waals surface area contributed by atoms with Gasteiger partial charge in [0.1, 0.15) is 4.32 Å². The van der Waals surface area contributed by atoms with E-state index in [0.29, 0.717) is 11.8 Å². The minimum Gasteiger partial charge on any atom is -0.355 e. The van der Waals surface area contributed by atoms with Crippen molar-refractivity contribution in [1.29, 1.82) is 5.26 Å². The van der Waals surface area contributed by atoms with E-state index >= 15 is 0 Å². The maximum absolute atomic E-state index is 8.43. The zero-order chi connectivity index (χ0) is 9.68. The molecular formula is C9H14N2S2. The van der Waals surface area contributed by atoms with Crippen molar-refractivity contribution in [3.8, 4) is 6.07 Å². The molecule has 1 aliphatic heterocycles. The van der Waals surface area contributed by atoms with Gasteiger partial charge in [-0.15, -0.1) is 0 Å². The molecule has 0 N–H and O–H groups in total. The lowest BCUT2D eigenvalue weighted by Crippen LogP contribution is -2.39. The maximum atomic E-state index is 8.43. The minimum absolute atomic E-state index is 0.474. The van der Waals surface area contributed by atoms with E-state index in [1.807, 2.05) is 0 Å². The van der Waals surface area contributed by atoms with E-state index in [4.69, 9.17) is 17.5 Å². The van der Waals surface area contributed by atoms with Crippen molar-refractivity contribution in [2.45, 2.75) is 32.2 Å². The molecule has 2 nitrogen and oxygen atoms in total. The Balaban J connectivity index is 2.40. The molecule has 1 rings (SSSR count). The second-order valence-electron chi connectivity index (χ2n) is 3.25. The van der Waals surface area contributed by atoms with Crippen LogP contribution in [-0.4, -0.2) is 27.6 Å². The quantitative estimate of drug-likeness (QED) is 0.626. The van der Waals surface area contributed by atoms with Crippen LogP contribution >= 0.6 is 24.0 Å². The summed E-state index contributed by atoms with van der Waals surface area (Å²) in [5.74, 6) is 0.474. The molecule has 1 saturated heterocycles. The van der Waals surface area contributed by atoms with Crippen molar-refractivity contribution >= 4 is 28.3 Å². The summed E-state index contributed by atoms with van der Waals surface area (Å²) in [5.41, 5.74) is 0. The lowest BCUT2D eigenvalue weighted by molar-refractivity contribution is 0.267. The predicted octanol–water partition coefficient (Wildman–Crippen LogP) is 2.40. The standard InChI is InChI=1S/C9H14N2S2/c1-8-4-2-3-6-11(8)9(12)13-7-5-10/h8H,2-4,6-7H2,1H3. The molecule has 0 aromatic rings. The van der Waals surface area contributed by atoms with Crippen molar-refractivity contribution in [1.82, 2.24) is 4.90 Å². The van der Waals surface area contributed by atoms with E-state index in [2.05, 4.69) is 17.9 Å². The van der Waals surface area contributed by atoms with Crippen molar-refractivity contribution in [3.05, 3.63) is 0 Å². The number of nitrogens with zero attached hydrogens (tertiary/aromatic N) is 2. The Bertz CT molecular complexity index is 222. The molecular weight excluding hydrogens is 200 g/mol. The normalized spacial score (nSPS) is 22.5. The first kappa shape index (κ1) is 10.8. The van der Waals surface area contributed by atoms with Gasteiger partial charge >= 0.3 is 0 Å². The molecule has 1 fully saturated rings. The van der Waals surface area contributed by atoms with Crippen LogP contribution < -0.4 is 0 Å². The van der Waals surface area contributed by atoms with Gasteiger partial charge in [0, 0.05) is 12.6 Å². The van der Waals surface area contributed by atoms with E-state index in [1.54, 1.807) is 0 Å². The fourth-order valence-electron chi connectivity index (χ4n) is 1.55. The van der Waals surface area contributed by atoms with E-state index in [0.717, 1.165) is 10.9 Å². The molecule has 13 heavy (non-hydrogen) atoms. The number of likely N-dealkylation sites (tertiary alicyclic amines) is 1. The summed E-state index contributed by atoms with van der Waals surface area (Å²) in [6.07, 6.45) is 3.77. The molecule has 0 spiro atoms. The zero-order valence-corrected chi connectivity index (χ0v) is 9.46. The number of rotatable bonds is 1. The third kappa shape index (κ3) is 3.17. The van der Waals surface area contributed by atoms with Gasteiger partial charge in [-0.2, -0.15) is 5.26 Å². The number of piperidine rings is 1. The highest BCUT2D eigenvalue weighted by Gasteiger charge is 2.20.